The second-order valence-corrected chi connectivity index (χ2v) is 7.73. The molecule has 1 amide bonds. The van der Waals surface area contributed by atoms with Gasteiger partial charge < -0.3 is 10.5 Å². The van der Waals surface area contributed by atoms with Gasteiger partial charge in [-0.05, 0) is 36.6 Å². The van der Waals surface area contributed by atoms with Crippen LogP contribution in [-0.4, -0.2) is 44.3 Å². The van der Waals surface area contributed by atoms with Crippen molar-refractivity contribution in [3.05, 3.63) is 35.9 Å². The SMILES string of the molecule is NC(=O)COC(=O)C=Cc1ccc(S(=O)(=O)N2CCCCCC2)cc1. The van der Waals surface area contributed by atoms with E-state index in [0.717, 1.165) is 31.8 Å². The molecule has 0 saturated carbocycles. The minimum Gasteiger partial charge on any atom is -0.452 e. The number of benzene rings is 1. The summed E-state index contributed by atoms with van der Waals surface area (Å²) >= 11 is 0. The van der Waals surface area contributed by atoms with E-state index in [4.69, 9.17) is 5.73 Å². The molecular formula is C17H22N2O5S. The first-order valence-corrected chi connectivity index (χ1v) is 9.57. The first kappa shape index (κ1) is 19.1. The summed E-state index contributed by atoms with van der Waals surface area (Å²) in [6.45, 7) is 0.627. The highest BCUT2D eigenvalue weighted by Crippen LogP contribution is 2.20. The third-order valence-electron chi connectivity index (χ3n) is 3.85. The van der Waals surface area contributed by atoms with Gasteiger partial charge in [0.25, 0.3) is 5.91 Å². The summed E-state index contributed by atoms with van der Waals surface area (Å²) in [6.07, 6.45) is 6.51. The van der Waals surface area contributed by atoms with Gasteiger partial charge in [-0.1, -0.05) is 25.0 Å². The Bertz CT molecular complexity index is 733. The molecule has 1 aromatic carbocycles. The number of carbonyl (C=O) groups excluding carboxylic acids is 2. The summed E-state index contributed by atoms with van der Waals surface area (Å²) in [5, 5.41) is 0. The summed E-state index contributed by atoms with van der Waals surface area (Å²) in [5.74, 6) is -1.43. The molecule has 0 radical (unpaired) electrons. The van der Waals surface area contributed by atoms with E-state index in [9.17, 15) is 18.0 Å². The number of amides is 1. The molecule has 1 saturated heterocycles. The van der Waals surface area contributed by atoms with Crippen LogP contribution in [0.3, 0.4) is 0 Å². The number of hydrogen-bond acceptors (Lipinski definition) is 5. The van der Waals surface area contributed by atoms with Crippen molar-refractivity contribution in [2.45, 2.75) is 30.6 Å². The van der Waals surface area contributed by atoms with Gasteiger partial charge in [0.1, 0.15) is 0 Å². The molecular weight excluding hydrogens is 344 g/mol. The molecule has 7 nitrogen and oxygen atoms in total. The summed E-state index contributed by atoms with van der Waals surface area (Å²) in [5.41, 5.74) is 5.52. The Kier molecular flexibility index (Phi) is 6.72. The highest BCUT2D eigenvalue weighted by molar-refractivity contribution is 7.89. The van der Waals surface area contributed by atoms with Gasteiger partial charge >= 0.3 is 5.97 Å². The van der Waals surface area contributed by atoms with E-state index in [0.29, 0.717) is 18.7 Å². The molecule has 0 spiro atoms. The predicted octanol–water partition coefficient (Wildman–Crippen LogP) is 1.29. The van der Waals surface area contributed by atoms with Crippen molar-refractivity contribution < 1.29 is 22.7 Å². The van der Waals surface area contributed by atoms with Crippen LogP contribution >= 0.6 is 0 Å². The fourth-order valence-electron chi connectivity index (χ4n) is 2.54. The van der Waals surface area contributed by atoms with E-state index in [-0.39, 0.29) is 4.90 Å². The van der Waals surface area contributed by atoms with Gasteiger partial charge in [-0.15, -0.1) is 0 Å². The molecule has 2 rings (SSSR count). The minimum absolute atomic E-state index is 0.239. The molecule has 0 aromatic heterocycles. The highest BCUT2D eigenvalue weighted by Gasteiger charge is 2.24. The number of hydrogen-bond donors (Lipinski definition) is 1. The molecule has 0 unspecified atom stereocenters. The first-order chi connectivity index (χ1) is 11.9. The van der Waals surface area contributed by atoms with Gasteiger partial charge in [-0.3, -0.25) is 4.79 Å². The van der Waals surface area contributed by atoms with Gasteiger partial charge in [0.05, 0.1) is 4.90 Å². The Morgan fingerprint density at radius 3 is 2.24 bits per heavy atom. The number of sulfonamides is 1. The third-order valence-corrected chi connectivity index (χ3v) is 5.76. The normalized spacial score (nSPS) is 16.5. The Morgan fingerprint density at radius 1 is 1.08 bits per heavy atom. The molecule has 25 heavy (non-hydrogen) atoms. The summed E-state index contributed by atoms with van der Waals surface area (Å²) in [6, 6.07) is 6.27. The van der Waals surface area contributed by atoms with Crippen LogP contribution in [0.5, 0.6) is 0 Å². The van der Waals surface area contributed by atoms with E-state index in [1.165, 1.54) is 22.5 Å². The van der Waals surface area contributed by atoms with E-state index < -0.39 is 28.5 Å². The van der Waals surface area contributed by atoms with E-state index in [1.54, 1.807) is 12.1 Å². The summed E-state index contributed by atoms with van der Waals surface area (Å²) in [7, 11) is -3.49. The van der Waals surface area contributed by atoms with Crippen LogP contribution in [-0.2, 0) is 24.3 Å². The molecule has 136 valence electrons. The Hall–Kier alpha value is -2.19. The zero-order chi connectivity index (χ0) is 18.3. The second kappa shape index (κ2) is 8.77. The zero-order valence-corrected chi connectivity index (χ0v) is 14.7. The topological polar surface area (TPSA) is 107 Å². The van der Waals surface area contributed by atoms with E-state index >= 15 is 0 Å². The largest absolute Gasteiger partial charge is 0.452 e. The van der Waals surface area contributed by atoms with Crippen molar-refractivity contribution >= 4 is 28.0 Å². The number of nitrogens with zero attached hydrogens (tertiary/aromatic N) is 1. The van der Waals surface area contributed by atoms with Crippen LogP contribution in [0, 0.1) is 0 Å². The maximum atomic E-state index is 12.7. The van der Waals surface area contributed by atoms with Crippen molar-refractivity contribution in [2.75, 3.05) is 19.7 Å². The second-order valence-electron chi connectivity index (χ2n) is 5.79. The number of primary amides is 1. The highest BCUT2D eigenvalue weighted by atomic mass is 32.2. The van der Waals surface area contributed by atoms with Crippen molar-refractivity contribution in [1.82, 2.24) is 4.31 Å². The lowest BCUT2D eigenvalue weighted by atomic mass is 10.2. The Morgan fingerprint density at radius 2 is 1.68 bits per heavy atom. The molecule has 1 fully saturated rings. The van der Waals surface area contributed by atoms with Gasteiger partial charge in [0.15, 0.2) is 6.61 Å². The van der Waals surface area contributed by atoms with Crippen LogP contribution in [0.4, 0.5) is 0 Å². The molecule has 0 atom stereocenters. The van der Waals surface area contributed by atoms with E-state index in [1.807, 2.05) is 0 Å². The van der Waals surface area contributed by atoms with Crippen LogP contribution < -0.4 is 5.73 Å². The molecule has 1 heterocycles. The Labute approximate surface area is 147 Å². The van der Waals surface area contributed by atoms with Gasteiger partial charge in [0.2, 0.25) is 10.0 Å². The number of carbonyl (C=O) groups is 2. The third kappa shape index (κ3) is 5.68. The lowest BCUT2D eigenvalue weighted by molar-refractivity contribution is -0.142. The summed E-state index contributed by atoms with van der Waals surface area (Å²) in [4.78, 5) is 22.1. The van der Waals surface area contributed by atoms with Crippen LogP contribution in [0.1, 0.15) is 31.2 Å². The number of ether oxygens (including phenoxy) is 1. The van der Waals surface area contributed by atoms with Crippen LogP contribution in [0.15, 0.2) is 35.2 Å². The molecule has 1 aliphatic rings. The molecule has 1 aromatic rings. The number of esters is 1. The van der Waals surface area contributed by atoms with Gasteiger partial charge in [-0.2, -0.15) is 4.31 Å². The molecule has 0 aliphatic carbocycles. The maximum Gasteiger partial charge on any atom is 0.331 e. The predicted molar refractivity (Wildman–Crippen MR) is 92.9 cm³/mol. The molecule has 1 aliphatic heterocycles. The van der Waals surface area contributed by atoms with Crippen molar-refractivity contribution in [1.29, 1.82) is 0 Å². The maximum absolute atomic E-state index is 12.7. The van der Waals surface area contributed by atoms with Crippen LogP contribution in [0.2, 0.25) is 0 Å². The zero-order valence-electron chi connectivity index (χ0n) is 13.9. The van der Waals surface area contributed by atoms with Gasteiger partial charge in [0, 0.05) is 19.2 Å². The smallest absolute Gasteiger partial charge is 0.331 e. The van der Waals surface area contributed by atoms with Crippen LogP contribution in [0.25, 0.3) is 6.08 Å². The van der Waals surface area contributed by atoms with Crippen molar-refractivity contribution in [3.63, 3.8) is 0 Å². The Balaban J connectivity index is 2.03. The van der Waals surface area contributed by atoms with E-state index in [2.05, 4.69) is 4.74 Å². The van der Waals surface area contributed by atoms with Crippen molar-refractivity contribution in [3.8, 4) is 0 Å². The van der Waals surface area contributed by atoms with Gasteiger partial charge in [-0.25, -0.2) is 13.2 Å². The lowest BCUT2D eigenvalue weighted by Gasteiger charge is -2.19. The lowest BCUT2D eigenvalue weighted by Crippen LogP contribution is -2.31. The average molecular weight is 366 g/mol. The standard InChI is InChI=1S/C17H22N2O5S/c18-16(20)13-24-17(21)10-7-14-5-8-15(9-6-14)25(22,23)19-11-3-1-2-4-12-19/h5-10H,1-4,11-13H2,(H2,18,20). The fourth-order valence-corrected chi connectivity index (χ4v) is 4.05. The first-order valence-electron chi connectivity index (χ1n) is 8.13. The quantitative estimate of drug-likeness (QED) is 0.603. The fraction of sp³-hybridized carbons (Fsp3) is 0.412. The number of nitrogens with two attached hydrogens (primary N) is 1. The average Bonchev–Trinajstić information content (AvgIpc) is 2.88. The molecule has 2 N–H and O–H groups in total. The number of rotatable bonds is 6. The molecule has 8 heteroatoms. The minimum atomic E-state index is -3.49. The van der Waals surface area contributed by atoms with Crippen molar-refractivity contribution in [2.24, 2.45) is 5.73 Å². The monoisotopic (exact) mass is 366 g/mol. The summed E-state index contributed by atoms with van der Waals surface area (Å²) < 4.78 is 31.4. The molecule has 0 bridgehead atoms.